The van der Waals surface area contributed by atoms with Crippen molar-refractivity contribution in [1.29, 1.82) is 0 Å². The van der Waals surface area contributed by atoms with E-state index in [2.05, 4.69) is 15.3 Å². The van der Waals surface area contributed by atoms with Crippen molar-refractivity contribution in [2.24, 2.45) is 0 Å². The van der Waals surface area contributed by atoms with E-state index in [-0.39, 0.29) is 18.0 Å². The van der Waals surface area contributed by atoms with Crippen molar-refractivity contribution >= 4 is 21.6 Å². The summed E-state index contributed by atoms with van der Waals surface area (Å²) in [5, 5.41) is 11.2. The number of nitrogens with zero attached hydrogens (tertiary/aromatic N) is 2. The van der Waals surface area contributed by atoms with Crippen molar-refractivity contribution < 1.29 is 18.3 Å². The predicted molar refractivity (Wildman–Crippen MR) is 68.9 cm³/mol. The van der Waals surface area contributed by atoms with Crippen LogP contribution in [-0.2, 0) is 9.84 Å². The molecule has 1 atom stereocenters. The Balaban J connectivity index is 1.96. The van der Waals surface area contributed by atoms with Crippen LogP contribution in [-0.4, -0.2) is 47.0 Å². The van der Waals surface area contributed by atoms with E-state index in [1.54, 1.807) is 0 Å². The molecule has 1 aliphatic rings. The second-order valence-electron chi connectivity index (χ2n) is 4.46. The number of aromatic nitrogens is 2. The number of carboxylic acids is 1. The largest absolute Gasteiger partial charge is 0.476 e. The average molecular weight is 285 g/mol. The highest BCUT2D eigenvalue weighted by Crippen LogP contribution is 2.19. The SMILES string of the molecule is O=C(O)c1cnc(NCC2CCCCS2(=O)=O)cn1. The summed E-state index contributed by atoms with van der Waals surface area (Å²) in [6.07, 6.45) is 4.72. The summed E-state index contributed by atoms with van der Waals surface area (Å²) in [4.78, 5) is 18.2. The van der Waals surface area contributed by atoms with Crippen molar-refractivity contribution in [3.05, 3.63) is 18.1 Å². The van der Waals surface area contributed by atoms with E-state index in [0.717, 1.165) is 19.0 Å². The molecule has 8 heteroatoms. The fourth-order valence-corrected chi connectivity index (χ4v) is 3.80. The molecule has 0 aromatic carbocycles. The van der Waals surface area contributed by atoms with Crippen LogP contribution in [0, 0.1) is 0 Å². The van der Waals surface area contributed by atoms with E-state index in [4.69, 9.17) is 5.11 Å². The Morgan fingerprint density at radius 1 is 1.37 bits per heavy atom. The third kappa shape index (κ3) is 3.40. The van der Waals surface area contributed by atoms with Gasteiger partial charge in [0.1, 0.15) is 5.82 Å². The molecule has 0 aliphatic carbocycles. The molecule has 0 radical (unpaired) electrons. The normalized spacial score (nSPS) is 21.8. The minimum atomic E-state index is -3.02. The third-order valence-corrected chi connectivity index (χ3v) is 5.37. The number of carboxylic acid groups (broad SMARTS) is 1. The number of carbonyl (C=O) groups is 1. The van der Waals surface area contributed by atoms with Crippen LogP contribution in [0.15, 0.2) is 12.4 Å². The standard InChI is InChI=1S/C11H15N3O4S/c15-11(16)9-6-14-10(7-12-9)13-5-8-3-1-2-4-19(8,17)18/h6-8H,1-5H2,(H,13,14)(H,15,16). The molecule has 1 aromatic rings. The topological polar surface area (TPSA) is 109 Å². The van der Waals surface area contributed by atoms with Crippen LogP contribution in [0.4, 0.5) is 5.82 Å². The van der Waals surface area contributed by atoms with Crippen molar-refractivity contribution in [3.63, 3.8) is 0 Å². The van der Waals surface area contributed by atoms with Crippen LogP contribution >= 0.6 is 0 Å². The van der Waals surface area contributed by atoms with Gasteiger partial charge in [0.15, 0.2) is 15.5 Å². The molecule has 1 aromatic heterocycles. The van der Waals surface area contributed by atoms with Gasteiger partial charge in [-0.25, -0.2) is 23.2 Å². The van der Waals surface area contributed by atoms with Gasteiger partial charge >= 0.3 is 5.97 Å². The maximum atomic E-state index is 11.8. The molecule has 2 N–H and O–H groups in total. The van der Waals surface area contributed by atoms with Gasteiger partial charge in [0.05, 0.1) is 23.4 Å². The monoisotopic (exact) mass is 285 g/mol. The third-order valence-electron chi connectivity index (χ3n) is 3.09. The first kappa shape index (κ1) is 13.7. The second-order valence-corrected chi connectivity index (χ2v) is 6.86. The average Bonchev–Trinajstić information content (AvgIpc) is 2.37. The van der Waals surface area contributed by atoms with Gasteiger partial charge in [-0.05, 0) is 12.8 Å². The second kappa shape index (κ2) is 5.52. The summed E-state index contributed by atoms with van der Waals surface area (Å²) in [6.45, 7) is 0.281. The Morgan fingerprint density at radius 2 is 2.16 bits per heavy atom. The first-order chi connectivity index (χ1) is 8.99. The van der Waals surface area contributed by atoms with Gasteiger partial charge in [0, 0.05) is 6.54 Å². The van der Waals surface area contributed by atoms with Crippen LogP contribution in [0.3, 0.4) is 0 Å². The van der Waals surface area contributed by atoms with Crippen LogP contribution in [0.1, 0.15) is 29.8 Å². The minimum absolute atomic E-state index is 0.143. The van der Waals surface area contributed by atoms with E-state index in [1.807, 2.05) is 0 Å². The lowest BCUT2D eigenvalue weighted by Gasteiger charge is -2.22. The first-order valence-corrected chi connectivity index (χ1v) is 7.71. The van der Waals surface area contributed by atoms with E-state index in [1.165, 1.54) is 6.20 Å². The number of hydrogen-bond acceptors (Lipinski definition) is 6. The highest BCUT2D eigenvalue weighted by Gasteiger charge is 2.28. The van der Waals surface area contributed by atoms with Gasteiger partial charge in [0.25, 0.3) is 0 Å². The number of aromatic carboxylic acids is 1. The lowest BCUT2D eigenvalue weighted by atomic mass is 10.2. The predicted octanol–water partition coefficient (Wildman–Crippen LogP) is 0.554. The Kier molecular flexibility index (Phi) is 3.98. The number of hydrogen-bond donors (Lipinski definition) is 2. The summed E-state index contributed by atoms with van der Waals surface area (Å²) in [6, 6.07) is 0. The van der Waals surface area contributed by atoms with Gasteiger partial charge < -0.3 is 10.4 Å². The summed E-state index contributed by atoms with van der Waals surface area (Å²) in [7, 11) is -3.02. The van der Waals surface area contributed by atoms with Gasteiger partial charge in [-0.3, -0.25) is 0 Å². The minimum Gasteiger partial charge on any atom is -0.476 e. The van der Waals surface area contributed by atoms with Crippen molar-refractivity contribution in [2.75, 3.05) is 17.6 Å². The van der Waals surface area contributed by atoms with Crippen LogP contribution in [0.5, 0.6) is 0 Å². The highest BCUT2D eigenvalue weighted by molar-refractivity contribution is 7.92. The molecule has 0 spiro atoms. The van der Waals surface area contributed by atoms with Gasteiger partial charge in [-0.1, -0.05) is 6.42 Å². The Bertz CT molecular complexity index is 556. The molecular formula is C11H15N3O4S. The molecule has 104 valence electrons. The molecule has 2 heterocycles. The zero-order valence-electron chi connectivity index (χ0n) is 10.2. The molecule has 0 amide bonds. The smallest absolute Gasteiger partial charge is 0.356 e. The van der Waals surface area contributed by atoms with Gasteiger partial charge in [-0.2, -0.15) is 0 Å². The Morgan fingerprint density at radius 3 is 2.74 bits per heavy atom. The maximum Gasteiger partial charge on any atom is 0.356 e. The number of sulfone groups is 1. The molecule has 0 bridgehead atoms. The molecule has 19 heavy (non-hydrogen) atoms. The molecule has 1 unspecified atom stereocenters. The van der Waals surface area contributed by atoms with Crippen molar-refractivity contribution in [1.82, 2.24) is 9.97 Å². The molecule has 1 fully saturated rings. The van der Waals surface area contributed by atoms with Crippen LogP contribution in [0.2, 0.25) is 0 Å². The summed E-state index contributed by atoms with van der Waals surface area (Å²) in [5.41, 5.74) is -0.143. The zero-order chi connectivity index (χ0) is 13.9. The highest BCUT2D eigenvalue weighted by atomic mass is 32.2. The fraction of sp³-hybridized carbons (Fsp3) is 0.545. The lowest BCUT2D eigenvalue weighted by molar-refractivity contribution is 0.0690. The number of anilines is 1. The van der Waals surface area contributed by atoms with Gasteiger partial charge in [-0.15, -0.1) is 0 Å². The van der Waals surface area contributed by atoms with Crippen LogP contribution in [0.25, 0.3) is 0 Å². The fourth-order valence-electron chi connectivity index (χ4n) is 2.00. The van der Waals surface area contributed by atoms with E-state index >= 15 is 0 Å². The lowest BCUT2D eigenvalue weighted by Crippen LogP contribution is -2.34. The number of nitrogens with one attached hydrogen (secondary N) is 1. The zero-order valence-corrected chi connectivity index (χ0v) is 11.1. The molecular weight excluding hydrogens is 270 g/mol. The van der Waals surface area contributed by atoms with E-state index < -0.39 is 21.1 Å². The molecule has 2 rings (SSSR count). The Labute approximate surface area is 111 Å². The van der Waals surface area contributed by atoms with Crippen molar-refractivity contribution in [3.8, 4) is 0 Å². The molecule has 0 saturated carbocycles. The van der Waals surface area contributed by atoms with Crippen LogP contribution < -0.4 is 5.32 Å². The van der Waals surface area contributed by atoms with E-state index in [9.17, 15) is 13.2 Å². The first-order valence-electron chi connectivity index (χ1n) is 6.00. The molecule has 1 saturated heterocycles. The summed E-state index contributed by atoms with van der Waals surface area (Å²) < 4.78 is 23.6. The summed E-state index contributed by atoms with van der Waals surface area (Å²) in [5.74, 6) is -0.525. The quantitative estimate of drug-likeness (QED) is 0.831. The van der Waals surface area contributed by atoms with Gasteiger partial charge in [0.2, 0.25) is 0 Å². The van der Waals surface area contributed by atoms with Crippen molar-refractivity contribution in [2.45, 2.75) is 24.5 Å². The maximum absolute atomic E-state index is 11.8. The van der Waals surface area contributed by atoms with E-state index in [0.29, 0.717) is 12.2 Å². The number of rotatable bonds is 4. The summed E-state index contributed by atoms with van der Waals surface area (Å²) >= 11 is 0. The molecule has 1 aliphatic heterocycles. The Hall–Kier alpha value is -1.70. The molecule has 7 nitrogen and oxygen atoms in total.